The molecule has 0 aliphatic heterocycles. The molecule has 0 aliphatic carbocycles. The third kappa shape index (κ3) is 5.16. The van der Waals surface area contributed by atoms with Crippen LogP contribution in [0.5, 0.6) is 0 Å². The van der Waals surface area contributed by atoms with Crippen molar-refractivity contribution >= 4 is 12.1 Å². The van der Waals surface area contributed by atoms with E-state index in [1.807, 2.05) is 0 Å². The molecule has 0 saturated heterocycles. The Morgan fingerprint density at radius 1 is 1.45 bits per heavy atom. The van der Waals surface area contributed by atoms with Crippen LogP contribution in [0.15, 0.2) is 0 Å². The number of carbonyl (C=O) groups is 2. The number of nitrogens with one attached hydrogen (secondary N) is 1. The van der Waals surface area contributed by atoms with Gasteiger partial charge in [-0.3, -0.25) is 15.0 Å². The molecule has 0 aromatic heterocycles. The van der Waals surface area contributed by atoms with Gasteiger partial charge in [-0.2, -0.15) is 0 Å². The zero-order chi connectivity index (χ0) is 8.85. The molecule has 0 aliphatic rings. The SMILES string of the molecule is CN(CNCC(=O)O)C(=O)O. The quantitative estimate of drug-likeness (QED) is 0.472. The van der Waals surface area contributed by atoms with E-state index >= 15 is 0 Å². The lowest BCUT2D eigenvalue weighted by Gasteiger charge is -2.11. The fraction of sp³-hybridized carbons (Fsp3) is 0.600. The van der Waals surface area contributed by atoms with Crippen LogP contribution in [-0.4, -0.2) is 47.4 Å². The van der Waals surface area contributed by atoms with E-state index in [-0.39, 0.29) is 13.2 Å². The highest BCUT2D eigenvalue weighted by Crippen LogP contribution is 1.78. The van der Waals surface area contributed by atoms with Crippen LogP contribution < -0.4 is 5.32 Å². The number of aliphatic carboxylic acids is 1. The average molecular weight is 162 g/mol. The molecule has 0 fully saturated rings. The van der Waals surface area contributed by atoms with Gasteiger partial charge in [0.2, 0.25) is 0 Å². The fourth-order valence-electron chi connectivity index (χ4n) is 0.398. The Morgan fingerprint density at radius 2 is 2.00 bits per heavy atom. The zero-order valence-corrected chi connectivity index (χ0v) is 6.07. The molecule has 3 N–H and O–H groups in total. The molecule has 6 nitrogen and oxygen atoms in total. The summed E-state index contributed by atoms with van der Waals surface area (Å²) in [5.41, 5.74) is 0. The Hall–Kier alpha value is -1.30. The fourth-order valence-corrected chi connectivity index (χ4v) is 0.398. The van der Waals surface area contributed by atoms with Gasteiger partial charge < -0.3 is 10.2 Å². The summed E-state index contributed by atoms with van der Waals surface area (Å²) in [5.74, 6) is -1.01. The van der Waals surface area contributed by atoms with Crippen LogP contribution in [-0.2, 0) is 4.79 Å². The van der Waals surface area contributed by atoms with E-state index in [4.69, 9.17) is 10.2 Å². The Morgan fingerprint density at radius 3 is 2.36 bits per heavy atom. The van der Waals surface area contributed by atoms with Crippen molar-refractivity contribution < 1.29 is 19.8 Å². The number of amides is 1. The number of carboxylic acid groups (broad SMARTS) is 2. The van der Waals surface area contributed by atoms with Crippen molar-refractivity contribution in [1.82, 2.24) is 10.2 Å². The first-order valence-electron chi connectivity index (χ1n) is 2.90. The molecule has 6 heteroatoms. The predicted octanol–water partition coefficient (Wildman–Crippen LogP) is -0.772. The second kappa shape index (κ2) is 4.51. The van der Waals surface area contributed by atoms with Gasteiger partial charge in [0.05, 0.1) is 13.2 Å². The Bertz CT molecular complexity index is 159. The maximum absolute atomic E-state index is 10.1. The maximum atomic E-state index is 10.1. The molecular formula is C5H10N2O4. The molecule has 0 radical (unpaired) electrons. The van der Waals surface area contributed by atoms with E-state index < -0.39 is 12.1 Å². The highest BCUT2D eigenvalue weighted by Gasteiger charge is 2.03. The molecule has 0 unspecified atom stereocenters. The molecule has 11 heavy (non-hydrogen) atoms. The summed E-state index contributed by atoms with van der Waals surface area (Å²) in [4.78, 5) is 21.0. The average Bonchev–Trinajstić information content (AvgIpc) is 1.86. The molecule has 0 spiro atoms. The smallest absolute Gasteiger partial charge is 0.408 e. The summed E-state index contributed by atoms with van der Waals surface area (Å²) in [6.07, 6.45) is -1.09. The normalized spacial score (nSPS) is 9.18. The number of carboxylic acids is 1. The molecule has 0 bridgehead atoms. The van der Waals surface area contributed by atoms with Gasteiger partial charge in [0.25, 0.3) is 0 Å². The van der Waals surface area contributed by atoms with Gasteiger partial charge in [-0.15, -0.1) is 0 Å². The van der Waals surface area contributed by atoms with E-state index in [1.54, 1.807) is 0 Å². The third-order valence-corrected chi connectivity index (χ3v) is 0.952. The first kappa shape index (κ1) is 9.70. The first-order chi connectivity index (χ1) is 5.04. The highest BCUT2D eigenvalue weighted by molar-refractivity contribution is 5.69. The minimum absolute atomic E-state index is 0.0155. The lowest BCUT2D eigenvalue weighted by atomic mass is 10.6. The molecule has 0 aromatic rings. The second-order valence-corrected chi connectivity index (χ2v) is 1.96. The summed E-state index contributed by atoms with van der Waals surface area (Å²) >= 11 is 0. The minimum Gasteiger partial charge on any atom is -0.480 e. The second-order valence-electron chi connectivity index (χ2n) is 1.96. The van der Waals surface area contributed by atoms with E-state index in [0.29, 0.717) is 0 Å². The van der Waals surface area contributed by atoms with Crippen molar-refractivity contribution in [3.05, 3.63) is 0 Å². The largest absolute Gasteiger partial charge is 0.480 e. The monoisotopic (exact) mass is 162 g/mol. The van der Waals surface area contributed by atoms with Crippen LogP contribution in [0.3, 0.4) is 0 Å². The van der Waals surface area contributed by atoms with Gasteiger partial charge in [-0.1, -0.05) is 0 Å². The molecule has 0 atom stereocenters. The minimum atomic E-state index is -1.09. The predicted molar refractivity (Wildman–Crippen MR) is 36.3 cm³/mol. The van der Waals surface area contributed by atoms with E-state index in [9.17, 15) is 9.59 Å². The van der Waals surface area contributed by atoms with Crippen molar-refractivity contribution in [2.24, 2.45) is 0 Å². The Labute approximate surface area is 63.4 Å². The Balaban J connectivity index is 3.39. The van der Waals surface area contributed by atoms with Crippen LogP contribution in [0.2, 0.25) is 0 Å². The molecule has 0 heterocycles. The number of rotatable bonds is 4. The van der Waals surface area contributed by atoms with Crippen molar-refractivity contribution in [2.75, 3.05) is 20.3 Å². The number of hydrogen-bond acceptors (Lipinski definition) is 3. The summed E-state index contributed by atoms with van der Waals surface area (Å²) in [6.45, 7) is -0.223. The summed E-state index contributed by atoms with van der Waals surface area (Å²) < 4.78 is 0. The highest BCUT2D eigenvalue weighted by atomic mass is 16.4. The van der Waals surface area contributed by atoms with Crippen molar-refractivity contribution in [3.8, 4) is 0 Å². The number of nitrogens with zero attached hydrogens (tertiary/aromatic N) is 1. The maximum Gasteiger partial charge on any atom is 0.408 e. The van der Waals surface area contributed by atoms with E-state index in [1.165, 1.54) is 7.05 Å². The van der Waals surface area contributed by atoms with Crippen molar-refractivity contribution in [1.29, 1.82) is 0 Å². The van der Waals surface area contributed by atoms with Gasteiger partial charge in [0.15, 0.2) is 0 Å². The summed E-state index contributed by atoms with van der Waals surface area (Å²) in [7, 11) is 1.34. The van der Waals surface area contributed by atoms with Crippen LogP contribution in [0, 0.1) is 0 Å². The van der Waals surface area contributed by atoms with Gasteiger partial charge in [-0.25, -0.2) is 4.79 Å². The van der Waals surface area contributed by atoms with Crippen LogP contribution in [0.1, 0.15) is 0 Å². The standard InChI is InChI=1S/C5H10N2O4/c1-7(5(10)11)3-6-2-4(8)9/h6H,2-3H2,1H3,(H,8,9)(H,10,11). The van der Waals surface area contributed by atoms with E-state index in [0.717, 1.165) is 4.90 Å². The number of hydrogen-bond donors (Lipinski definition) is 3. The van der Waals surface area contributed by atoms with Gasteiger partial charge in [0.1, 0.15) is 0 Å². The molecule has 64 valence electrons. The summed E-state index contributed by atoms with van der Waals surface area (Å²) in [5, 5.41) is 18.8. The zero-order valence-electron chi connectivity index (χ0n) is 6.07. The molecule has 1 amide bonds. The lowest BCUT2D eigenvalue weighted by Crippen LogP contribution is -2.37. The molecule has 0 saturated carbocycles. The van der Waals surface area contributed by atoms with Gasteiger partial charge >= 0.3 is 12.1 Å². The van der Waals surface area contributed by atoms with E-state index in [2.05, 4.69) is 5.32 Å². The van der Waals surface area contributed by atoms with Gasteiger partial charge in [-0.05, 0) is 0 Å². The van der Waals surface area contributed by atoms with Crippen LogP contribution >= 0.6 is 0 Å². The summed E-state index contributed by atoms with van der Waals surface area (Å²) in [6, 6.07) is 0. The van der Waals surface area contributed by atoms with Crippen LogP contribution in [0.25, 0.3) is 0 Å². The Kier molecular flexibility index (Phi) is 3.97. The lowest BCUT2D eigenvalue weighted by molar-refractivity contribution is -0.136. The molecule has 0 aromatic carbocycles. The van der Waals surface area contributed by atoms with Crippen LogP contribution in [0.4, 0.5) is 4.79 Å². The topological polar surface area (TPSA) is 89.9 Å². The van der Waals surface area contributed by atoms with Crippen molar-refractivity contribution in [3.63, 3.8) is 0 Å². The third-order valence-electron chi connectivity index (χ3n) is 0.952. The molecular weight excluding hydrogens is 152 g/mol. The first-order valence-corrected chi connectivity index (χ1v) is 2.90. The van der Waals surface area contributed by atoms with Gasteiger partial charge in [0, 0.05) is 7.05 Å². The molecule has 0 rings (SSSR count). The van der Waals surface area contributed by atoms with Crippen molar-refractivity contribution in [2.45, 2.75) is 0 Å².